The van der Waals surface area contributed by atoms with Crippen LogP contribution in [0.5, 0.6) is 5.75 Å². The number of nitrogens with one attached hydrogen (secondary N) is 1. The first-order chi connectivity index (χ1) is 9.56. The zero-order chi connectivity index (χ0) is 14.5. The molecule has 1 N–H and O–H groups in total. The fraction of sp³-hybridized carbons (Fsp3) is 0.235. The van der Waals surface area contributed by atoms with Gasteiger partial charge >= 0.3 is 0 Å². The smallest absolute Gasteiger partial charge is 0.262 e. The van der Waals surface area contributed by atoms with Crippen molar-refractivity contribution in [3.05, 3.63) is 59.2 Å². The summed E-state index contributed by atoms with van der Waals surface area (Å²) in [7, 11) is 0. The van der Waals surface area contributed by atoms with Gasteiger partial charge in [0.2, 0.25) is 0 Å². The molecular weight excluding hydrogens is 250 g/mol. The normalized spacial score (nSPS) is 10.2. The zero-order valence-electron chi connectivity index (χ0n) is 12.1. The van der Waals surface area contributed by atoms with Gasteiger partial charge in [-0.05, 0) is 55.7 Å². The van der Waals surface area contributed by atoms with Gasteiger partial charge in [-0.3, -0.25) is 4.79 Å². The summed E-state index contributed by atoms with van der Waals surface area (Å²) in [6, 6.07) is 13.5. The first-order valence-corrected chi connectivity index (χ1v) is 6.62. The topological polar surface area (TPSA) is 38.3 Å². The van der Waals surface area contributed by atoms with Gasteiger partial charge in [-0.2, -0.15) is 0 Å². The molecule has 0 heterocycles. The van der Waals surface area contributed by atoms with Gasteiger partial charge in [0, 0.05) is 5.69 Å². The molecule has 0 fully saturated rings. The second-order valence-corrected chi connectivity index (χ2v) is 4.90. The first-order valence-electron chi connectivity index (χ1n) is 6.62. The second kappa shape index (κ2) is 6.24. The molecule has 0 saturated heterocycles. The molecule has 2 aromatic rings. The predicted octanol–water partition coefficient (Wildman–Crippen LogP) is 3.63. The Morgan fingerprint density at radius 3 is 2.60 bits per heavy atom. The molecule has 3 nitrogen and oxygen atoms in total. The van der Waals surface area contributed by atoms with Gasteiger partial charge in [-0.1, -0.05) is 24.3 Å². The van der Waals surface area contributed by atoms with Crippen molar-refractivity contribution >= 4 is 11.6 Å². The summed E-state index contributed by atoms with van der Waals surface area (Å²) < 4.78 is 5.57. The second-order valence-electron chi connectivity index (χ2n) is 4.90. The van der Waals surface area contributed by atoms with Crippen LogP contribution in [0.1, 0.15) is 16.7 Å². The summed E-state index contributed by atoms with van der Waals surface area (Å²) in [6.45, 7) is 6.01. The minimum absolute atomic E-state index is 0.0121. The van der Waals surface area contributed by atoms with Crippen molar-refractivity contribution in [1.29, 1.82) is 0 Å². The number of hydrogen-bond donors (Lipinski definition) is 1. The molecule has 0 aliphatic carbocycles. The predicted molar refractivity (Wildman–Crippen MR) is 81.2 cm³/mol. The van der Waals surface area contributed by atoms with Crippen LogP contribution in [0.25, 0.3) is 0 Å². The maximum absolute atomic E-state index is 11.9. The number of rotatable bonds is 4. The van der Waals surface area contributed by atoms with E-state index in [2.05, 4.69) is 5.32 Å². The molecule has 0 bridgehead atoms. The van der Waals surface area contributed by atoms with E-state index in [1.165, 1.54) is 0 Å². The van der Waals surface area contributed by atoms with Crippen LogP contribution in [0.15, 0.2) is 42.5 Å². The number of ether oxygens (including phenoxy) is 1. The Morgan fingerprint density at radius 1 is 1.10 bits per heavy atom. The fourth-order valence-corrected chi connectivity index (χ4v) is 1.94. The molecule has 1 amide bonds. The lowest BCUT2D eigenvalue weighted by atomic mass is 10.1. The minimum atomic E-state index is -0.156. The third-order valence-corrected chi connectivity index (χ3v) is 3.22. The van der Waals surface area contributed by atoms with Gasteiger partial charge in [-0.15, -0.1) is 0 Å². The largest absolute Gasteiger partial charge is 0.483 e. The average Bonchev–Trinajstić information content (AvgIpc) is 2.40. The van der Waals surface area contributed by atoms with E-state index < -0.39 is 0 Å². The molecule has 20 heavy (non-hydrogen) atoms. The van der Waals surface area contributed by atoms with Crippen LogP contribution in [0.3, 0.4) is 0 Å². The van der Waals surface area contributed by atoms with E-state index in [0.717, 1.165) is 28.1 Å². The van der Waals surface area contributed by atoms with Crippen LogP contribution >= 0.6 is 0 Å². The maximum Gasteiger partial charge on any atom is 0.262 e. The molecule has 0 radical (unpaired) electrons. The molecule has 0 saturated carbocycles. The van der Waals surface area contributed by atoms with Crippen LogP contribution in [0.2, 0.25) is 0 Å². The Labute approximate surface area is 119 Å². The molecule has 0 aliphatic rings. The molecule has 0 atom stereocenters. The van der Waals surface area contributed by atoms with Crippen LogP contribution in [0, 0.1) is 20.8 Å². The number of carbonyl (C=O) groups is 1. The van der Waals surface area contributed by atoms with Crippen LogP contribution < -0.4 is 10.1 Å². The average molecular weight is 269 g/mol. The monoisotopic (exact) mass is 269 g/mol. The van der Waals surface area contributed by atoms with E-state index in [1.807, 2.05) is 63.2 Å². The number of amides is 1. The number of benzene rings is 2. The van der Waals surface area contributed by atoms with Crippen LogP contribution in [0.4, 0.5) is 5.69 Å². The Kier molecular flexibility index (Phi) is 4.41. The lowest BCUT2D eigenvalue weighted by Crippen LogP contribution is -2.20. The molecule has 0 unspecified atom stereocenters. The van der Waals surface area contributed by atoms with Crippen molar-refractivity contribution in [2.75, 3.05) is 11.9 Å². The van der Waals surface area contributed by atoms with Crippen LogP contribution in [-0.4, -0.2) is 12.5 Å². The molecular formula is C17H19NO2. The molecule has 0 aliphatic heterocycles. The van der Waals surface area contributed by atoms with Gasteiger partial charge in [0.25, 0.3) is 5.91 Å². The highest BCUT2D eigenvalue weighted by atomic mass is 16.5. The fourth-order valence-electron chi connectivity index (χ4n) is 1.94. The highest BCUT2D eigenvalue weighted by Gasteiger charge is 2.06. The first kappa shape index (κ1) is 14.1. The lowest BCUT2D eigenvalue weighted by molar-refractivity contribution is -0.118. The Balaban J connectivity index is 1.94. The summed E-state index contributed by atoms with van der Waals surface area (Å²) in [5, 5.41) is 2.82. The van der Waals surface area contributed by atoms with E-state index in [1.54, 1.807) is 0 Å². The van der Waals surface area contributed by atoms with Crippen LogP contribution in [-0.2, 0) is 4.79 Å². The van der Waals surface area contributed by atoms with Crippen molar-refractivity contribution < 1.29 is 9.53 Å². The van der Waals surface area contributed by atoms with Crippen molar-refractivity contribution in [3.8, 4) is 5.75 Å². The molecule has 2 rings (SSSR count). The molecule has 0 aromatic heterocycles. The Hall–Kier alpha value is -2.29. The van der Waals surface area contributed by atoms with Crippen molar-refractivity contribution in [2.24, 2.45) is 0 Å². The van der Waals surface area contributed by atoms with E-state index in [0.29, 0.717) is 0 Å². The third-order valence-electron chi connectivity index (χ3n) is 3.22. The molecule has 2 aromatic carbocycles. The quantitative estimate of drug-likeness (QED) is 0.920. The number of anilines is 1. The molecule has 3 heteroatoms. The minimum Gasteiger partial charge on any atom is -0.483 e. The highest BCUT2D eigenvalue weighted by molar-refractivity contribution is 5.91. The summed E-state index contributed by atoms with van der Waals surface area (Å²) in [5.74, 6) is 0.598. The van der Waals surface area contributed by atoms with E-state index >= 15 is 0 Å². The summed E-state index contributed by atoms with van der Waals surface area (Å²) in [6.07, 6.45) is 0. The van der Waals surface area contributed by atoms with Gasteiger partial charge in [0.1, 0.15) is 5.75 Å². The maximum atomic E-state index is 11.9. The third kappa shape index (κ3) is 3.60. The van der Waals surface area contributed by atoms with Crippen molar-refractivity contribution in [2.45, 2.75) is 20.8 Å². The number of hydrogen-bond acceptors (Lipinski definition) is 2. The standard InChI is InChI=1S/C17H19NO2/c1-12-6-4-8-15(10-12)18-17(19)11-20-16-9-5-7-13(2)14(16)3/h4-10H,11H2,1-3H3,(H,18,19). The van der Waals surface area contributed by atoms with Gasteiger partial charge in [0.15, 0.2) is 6.61 Å². The van der Waals surface area contributed by atoms with E-state index in [-0.39, 0.29) is 12.5 Å². The van der Waals surface area contributed by atoms with Gasteiger partial charge in [0.05, 0.1) is 0 Å². The Bertz CT molecular complexity index is 620. The zero-order valence-corrected chi connectivity index (χ0v) is 12.1. The SMILES string of the molecule is Cc1cccc(NC(=O)COc2cccc(C)c2C)c1. The summed E-state index contributed by atoms with van der Waals surface area (Å²) in [5.41, 5.74) is 4.12. The van der Waals surface area contributed by atoms with Gasteiger partial charge < -0.3 is 10.1 Å². The summed E-state index contributed by atoms with van der Waals surface area (Å²) >= 11 is 0. The highest BCUT2D eigenvalue weighted by Crippen LogP contribution is 2.20. The molecule has 104 valence electrons. The van der Waals surface area contributed by atoms with Crippen molar-refractivity contribution in [1.82, 2.24) is 0 Å². The molecule has 0 spiro atoms. The van der Waals surface area contributed by atoms with Gasteiger partial charge in [-0.25, -0.2) is 0 Å². The lowest BCUT2D eigenvalue weighted by Gasteiger charge is -2.11. The number of carbonyl (C=O) groups excluding carboxylic acids is 1. The van der Waals surface area contributed by atoms with E-state index in [9.17, 15) is 4.79 Å². The van der Waals surface area contributed by atoms with E-state index in [4.69, 9.17) is 4.74 Å². The Morgan fingerprint density at radius 2 is 1.85 bits per heavy atom. The number of aryl methyl sites for hydroxylation is 2. The summed E-state index contributed by atoms with van der Waals surface area (Å²) in [4.78, 5) is 11.9. The van der Waals surface area contributed by atoms with Crippen molar-refractivity contribution in [3.63, 3.8) is 0 Å².